The monoisotopic (exact) mass is 358 g/mol. The lowest BCUT2D eigenvalue weighted by atomic mass is 10.2. The first-order chi connectivity index (χ1) is 11.2. The average Bonchev–Trinajstić information content (AvgIpc) is 3.16. The maximum absolute atomic E-state index is 12.0. The van der Waals surface area contributed by atoms with Crippen molar-refractivity contribution < 1.29 is 17.7 Å². The molecule has 1 unspecified atom stereocenters. The van der Waals surface area contributed by atoms with Crippen LogP contribution in [-0.2, 0) is 21.2 Å². The molecule has 8 nitrogen and oxygen atoms in total. The zero-order valence-electron chi connectivity index (χ0n) is 14.7. The number of sulfonamides is 1. The largest absolute Gasteiger partial charge is 0.339 e. The zero-order chi connectivity index (χ0) is 17.9. The van der Waals surface area contributed by atoms with Crippen LogP contribution in [0.3, 0.4) is 0 Å². The predicted molar refractivity (Wildman–Crippen MR) is 88.9 cm³/mol. The number of carbonyl (C=O) groups excluding carboxylic acids is 1. The van der Waals surface area contributed by atoms with Gasteiger partial charge >= 0.3 is 0 Å². The molecule has 1 aromatic heterocycles. The van der Waals surface area contributed by atoms with Crippen LogP contribution in [0.15, 0.2) is 4.52 Å². The number of rotatable bonds is 7. The Morgan fingerprint density at radius 1 is 1.46 bits per heavy atom. The van der Waals surface area contributed by atoms with E-state index >= 15 is 0 Å². The molecule has 1 aliphatic rings. The molecular weight excluding hydrogens is 332 g/mol. The summed E-state index contributed by atoms with van der Waals surface area (Å²) in [6.07, 6.45) is 1.15. The van der Waals surface area contributed by atoms with Gasteiger partial charge in [-0.1, -0.05) is 19.0 Å². The quantitative estimate of drug-likeness (QED) is 0.722. The predicted octanol–water partition coefficient (Wildman–Crippen LogP) is 1.01. The third-order valence-electron chi connectivity index (χ3n) is 4.28. The van der Waals surface area contributed by atoms with Crippen molar-refractivity contribution in [2.75, 3.05) is 25.4 Å². The molecule has 0 saturated carbocycles. The van der Waals surface area contributed by atoms with Crippen LogP contribution in [0.2, 0.25) is 0 Å². The molecule has 1 fully saturated rings. The minimum atomic E-state index is -3.21. The lowest BCUT2D eigenvalue weighted by Crippen LogP contribution is -2.43. The van der Waals surface area contributed by atoms with Gasteiger partial charge in [-0.25, -0.2) is 8.42 Å². The minimum absolute atomic E-state index is 0.0664. The Balaban J connectivity index is 1.98. The number of carbonyl (C=O) groups is 1. The maximum Gasteiger partial charge on any atom is 0.229 e. The molecule has 2 rings (SSSR count). The number of nitrogens with zero attached hydrogens (tertiary/aromatic N) is 4. The van der Waals surface area contributed by atoms with E-state index in [2.05, 4.69) is 10.1 Å². The Bertz CT molecular complexity index is 671. The first kappa shape index (κ1) is 18.9. The van der Waals surface area contributed by atoms with E-state index in [9.17, 15) is 13.2 Å². The molecule has 0 bridgehead atoms. The van der Waals surface area contributed by atoms with Crippen molar-refractivity contribution in [2.45, 2.75) is 52.5 Å². The lowest BCUT2D eigenvalue weighted by molar-refractivity contribution is -0.130. The van der Waals surface area contributed by atoms with Crippen LogP contribution >= 0.6 is 0 Å². The normalized spacial score (nSPS) is 19.1. The first-order valence-corrected chi connectivity index (χ1v) is 9.93. The second-order valence-corrected chi connectivity index (χ2v) is 8.62. The molecule has 24 heavy (non-hydrogen) atoms. The summed E-state index contributed by atoms with van der Waals surface area (Å²) in [6.45, 7) is 8.36. The highest BCUT2D eigenvalue weighted by Crippen LogP contribution is 2.20. The van der Waals surface area contributed by atoms with Gasteiger partial charge in [0.15, 0.2) is 5.82 Å². The van der Waals surface area contributed by atoms with Crippen LogP contribution in [0.4, 0.5) is 0 Å². The summed E-state index contributed by atoms with van der Waals surface area (Å²) in [6, 6.07) is -0.0969. The Hall–Kier alpha value is -1.48. The van der Waals surface area contributed by atoms with Crippen LogP contribution in [-0.4, -0.2) is 65.1 Å². The highest BCUT2D eigenvalue weighted by molar-refractivity contribution is 7.89. The van der Waals surface area contributed by atoms with Gasteiger partial charge in [-0.3, -0.25) is 4.79 Å². The molecule has 1 aliphatic heterocycles. The fraction of sp³-hybridized carbons (Fsp3) is 0.800. The molecule has 136 valence electrons. The molecule has 1 atom stereocenters. The highest BCUT2D eigenvalue weighted by atomic mass is 32.2. The van der Waals surface area contributed by atoms with Crippen LogP contribution in [0.1, 0.15) is 51.7 Å². The fourth-order valence-electron chi connectivity index (χ4n) is 2.82. The molecule has 1 amide bonds. The van der Waals surface area contributed by atoms with Crippen molar-refractivity contribution >= 4 is 15.9 Å². The Morgan fingerprint density at radius 3 is 2.71 bits per heavy atom. The van der Waals surface area contributed by atoms with E-state index in [0.717, 1.165) is 0 Å². The summed E-state index contributed by atoms with van der Waals surface area (Å²) in [7, 11) is -3.21. The third kappa shape index (κ3) is 4.32. The van der Waals surface area contributed by atoms with Gasteiger partial charge in [-0.15, -0.1) is 0 Å². The van der Waals surface area contributed by atoms with E-state index in [-0.39, 0.29) is 23.6 Å². The van der Waals surface area contributed by atoms with Crippen molar-refractivity contribution in [3.8, 4) is 0 Å². The summed E-state index contributed by atoms with van der Waals surface area (Å²) in [5.74, 6) is 1.34. The topological polar surface area (TPSA) is 96.6 Å². The van der Waals surface area contributed by atoms with Gasteiger partial charge < -0.3 is 9.42 Å². The highest BCUT2D eigenvalue weighted by Gasteiger charge is 2.34. The molecule has 9 heteroatoms. The number of hydrogen-bond donors (Lipinski definition) is 0. The maximum atomic E-state index is 12.0. The first-order valence-electron chi connectivity index (χ1n) is 8.32. The molecule has 2 heterocycles. The molecule has 0 aliphatic carbocycles. The summed E-state index contributed by atoms with van der Waals surface area (Å²) >= 11 is 0. The van der Waals surface area contributed by atoms with Crippen molar-refractivity contribution in [1.82, 2.24) is 19.3 Å². The van der Waals surface area contributed by atoms with Crippen molar-refractivity contribution in [1.29, 1.82) is 0 Å². The molecule has 1 aromatic rings. The zero-order valence-corrected chi connectivity index (χ0v) is 15.5. The van der Waals surface area contributed by atoms with Gasteiger partial charge in [0.2, 0.25) is 21.8 Å². The standard InChI is InChI=1S/C15H26N4O4S/c1-5-24(21,22)18-8-6-13(10-18)19(12(4)20)9-7-14-16-15(11(2)3)23-17-14/h11,13H,5-10H2,1-4H3. The second kappa shape index (κ2) is 7.60. The number of aromatic nitrogens is 2. The van der Waals surface area contributed by atoms with E-state index in [0.29, 0.717) is 44.2 Å². The Morgan fingerprint density at radius 2 is 2.17 bits per heavy atom. The Kier molecular flexibility index (Phi) is 5.97. The second-order valence-electron chi connectivity index (χ2n) is 6.37. The van der Waals surface area contributed by atoms with Crippen molar-refractivity contribution in [3.63, 3.8) is 0 Å². The fourth-order valence-corrected chi connectivity index (χ4v) is 3.97. The van der Waals surface area contributed by atoms with E-state index < -0.39 is 10.0 Å². The van der Waals surface area contributed by atoms with Crippen LogP contribution in [0.5, 0.6) is 0 Å². The lowest BCUT2D eigenvalue weighted by Gasteiger charge is -2.27. The summed E-state index contributed by atoms with van der Waals surface area (Å²) in [4.78, 5) is 18.0. The molecular formula is C15H26N4O4S. The molecule has 1 saturated heterocycles. The number of hydrogen-bond acceptors (Lipinski definition) is 6. The van der Waals surface area contributed by atoms with Gasteiger partial charge in [0.25, 0.3) is 0 Å². The van der Waals surface area contributed by atoms with Crippen molar-refractivity contribution in [3.05, 3.63) is 11.7 Å². The van der Waals surface area contributed by atoms with E-state index in [1.165, 1.54) is 11.2 Å². The summed E-state index contributed by atoms with van der Waals surface area (Å²) < 4.78 is 30.6. The van der Waals surface area contributed by atoms with E-state index in [1.54, 1.807) is 11.8 Å². The van der Waals surface area contributed by atoms with Crippen LogP contribution < -0.4 is 0 Å². The van der Waals surface area contributed by atoms with Crippen LogP contribution in [0, 0.1) is 0 Å². The SMILES string of the molecule is CCS(=O)(=O)N1CCC(N(CCc2noc(C(C)C)n2)C(C)=O)C1. The van der Waals surface area contributed by atoms with Crippen molar-refractivity contribution in [2.24, 2.45) is 0 Å². The van der Waals surface area contributed by atoms with E-state index in [4.69, 9.17) is 4.52 Å². The van der Waals surface area contributed by atoms with Gasteiger partial charge in [0.05, 0.1) is 5.75 Å². The van der Waals surface area contributed by atoms with Gasteiger partial charge in [0, 0.05) is 44.9 Å². The number of amides is 1. The minimum Gasteiger partial charge on any atom is -0.339 e. The van der Waals surface area contributed by atoms with E-state index in [1.807, 2.05) is 13.8 Å². The van der Waals surface area contributed by atoms with Gasteiger partial charge in [-0.05, 0) is 13.3 Å². The van der Waals surface area contributed by atoms with Gasteiger partial charge in [0.1, 0.15) is 0 Å². The molecule has 0 N–H and O–H groups in total. The van der Waals surface area contributed by atoms with Gasteiger partial charge in [-0.2, -0.15) is 9.29 Å². The molecule has 0 aromatic carbocycles. The average molecular weight is 358 g/mol. The third-order valence-corrected chi connectivity index (χ3v) is 6.13. The summed E-state index contributed by atoms with van der Waals surface area (Å²) in [5, 5.41) is 3.93. The molecule has 0 radical (unpaired) electrons. The smallest absolute Gasteiger partial charge is 0.229 e. The Labute approximate surface area is 143 Å². The van der Waals surface area contributed by atoms with Crippen LogP contribution in [0.25, 0.3) is 0 Å². The summed E-state index contributed by atoms with van der Waals surface area (Å²) in [5.41, 5.74) is 0. The molecule has 0 spiro atoms.